The molecule has 0 aromatic heterocycles. The fourth-order valence-electron chi connectivity index (χ4n) is 3.34. The lowest BCUT2D eigenvalue weighted by atomic mass is 10.1. The van der Waals surface area contributed by atoms with Gasteiger partial charge in [-0.05, 0) is 75.4 Å². The summed E-state index contributed by atoms with van der Waals surface area (Å²) in [5.74, 6) is 0.0367. The van der Waals surface area contributed by atoms with Gasteiger partial charge in [0.25, 0.3) is 5.24 Å². The molecule has 33 heavy (non-hydrogen) atoms. The topological polar surface area (TPSA) is 46.6 Å². The van der Waals surface area contributed by atoms with Crippen LogP contribution in [-0.4, -0.2) is 21.3 Å². The molecule has 0 unspecified atom stereocenters. The molecule has 0 saturated carbocycles. The van der Waals surface area contributed by atoms with Crippen molar-refractivity contribution in [3.63, 3.8) is 0 Å². The minimum Gasteiger partial charge on any atom is -0.488 e. The van der Waals surface area contributed by atoms with E-state index in [9.17, 15) is 14.0 Å². The minimum absolute atomic E-state index is 0.132. The van der Waals surface area contributed by atoms with Gasteiger partial charge in [-0.3, -0.25) is 14.5 Å². The van der Waals surface area contributed by atoms with Crippen molar-refractivity contribution in [2.45, 2.75) is 24.8 Å². The van der Waals surface area contributed by atoms with E-state index in [2.05, 4.69) is 15.9 Å². The smallest absolute Gasteiger partial charge is 0.289 e. The van der Waals surface area contributed by atoms with Crippen LogP contribution in [0.25, 0.3) is 0 Å². The first-order valence-electron chi connectivity index (χ1n) is 9.92. The number of carbonyl (C=O) groups is 2. The van der Waals surface area contributed by atoms with Crippen molar-refractivity contribution in [3.05, 3.63) is 97.7 Å². The lowest BCUT2D eigenvalue weighted by molar-refractivity contribution is -0.127. The zero-order valence-electron chi connectivity index (χ0n) is 17.1. The summed E-state index contributed by atoms with van der Waals surface area (Å²) in [5.41, 5.74) is 2.48. The van der Waals surface area contributed by atoms with Crippen molar-refractivity contribution in [1.29, 1.82) is 0 Å². The zero-order chi connectivity index (χ0) is 23.5. The first-order chi connectivity index (χ1) is 15.8. The summed E-state index contributed by atoms with van der Waals surface area (Å²) in [6, 6.07) is 16.7. The molecule has 4 nitrogen and oxygen atoms in total. The predicted octanol–water partition coefficient (Wildman–Crippen LogP) is 7.28. The van der Waals surface area contributed by atoms with Gasteiger partial charge in [-0.15, -0.1) is 0 Å². The third-order valence-electron chi connectivity index (χ3n) is 5.05. The van der Waals surface area contributed by atoms with E-state index in [1.54, 1.807) is 24.3 Å². The van der Waals surface area contributed by atoms with Crippen LogP contribution in [0.1, 0.15) is 16.7 Å². The van der Waals surface area contributed by atoms with Crippen LogP contribution in [0, 0.1) is 5.82 Å². The van der Waals surface area contributed by atoms with Crippen LogP contribution >= 0.6 is 50.9 Å². The van der Waals surface area contributed by atoms with Crippen LogP contribution in [0.3, 0.4) is 0 Å². The Kier molecular flexibility index (Phi) is 7.64. The molecule has 0 bridgehead atoms. The Bertz CT molecular complexity index is 1210. The molecule has 0 radical (unpaired) electrons. The van der Waals surface area contributed by atoms with E-state index in [0.717, 1.165) is 27.4 Å². The normalized spacial score (nSPS) is 15.9. The van der Waals surface area contributed by atoms with E-state index in [-0.39, 0.29) is 23.5 Å². The molecule has 1 heterocycles. The summed E-state index contributed by atoms with van der Waals surface area (Å²) in [6.45, 7) is 0.450. The number of benzene rings is 3. The molecule has 3 aromatic rings. The molecule has 0 spiro atoms. The second kappa shape index (κ2) is 10.5. The van der Waals surface area contributed by atoms with Gasteiger partial charge in [-0.1, -0.05) is 59.2 Å². The minimum atomic E-state index is -0.507. The molecule has 0 N–H and O–H groups in total. The third kappa shape index (κ3) is 5.90. The Balaban J connectivity index is 1.38. The molecule has 1 saturated heterocycles. The van der Waals surface area contributed by atoms with Gasteiger partial charge < -0.3 is 4.74 Å². The number of imide groups is 1. The van der Waals surface area contributed by atoms with Crippen LogP contribution < -0.4 is 4.74 Å². The maximum atomic E-state index is 13.1. The van der Waals surface area contributed by atoms with Gasteiger partial charge in [0.2, 0.25) is 5.91 Å². The van der Waals surface area contributed by atoms with E-state index in [0.29, 0.717) is 34.4 Å². The third-order valence-corrected chi connectivity index (χ3v) is 7.49. The average molecular weight is 569 g/mol. The van der Waals surface area contributed by atoms with Crippen molar-refractivity contribution < 1.29 is 18.7 Å². The van der Waals surface area contributed by atoms with Crippen LogP contribution in [0.5, 0.6) is 5.75 Å². The summed E-state index contributed by atoms with van der Waals surface area (Å²) in [4.78, 5) is 26.4. The number of carbonyl (C=O) groups excluding carboxylic acids is 2. The van der Waals surface area contributed by atoms with Crippen molar-refractivity contribution in [2.75, 3.05) is 0 Å². The largest absolute Gasteiger partial charge is 0.488 e. The summed E-state index contributed by atoms with van der Waals surface area (Å²) in [6.07, 6.45) is 0.404. The molecule has 0 aliphatic carbocycles. The maximum Gasteiger partial charge on any atom is 0.289 e. The summed E-state index contributed by atoms with van der Waals surface area (Å²) < 4.78 is 19.7. The molecule has 3 aromatic carbocycles. The van der Waals surface area contributed by atoms with Gasteiger partial charge >= 0.3 is 0 Å². The van der Waals surface area contributed by atoms with Gasteiger partial charge in [0.1, 0.15) is 18.2 Å². The number of nitrogens with zero attached hydrogens (tertiary/aromatic N) is 1. The summed E-state index contributed by atoms with van der Waals surface area (Å²) in [5, 5.41) is 0.150. The molecule has 1 aliphatic heterocycles. The molecule has 4 rings (SSSR count). The SMILES string of the molecule is O=C1S[C@@H](Cc2ccc(OCc3ccc(Cl)c(Cl)c3)c(Br)c2)C(=O)N1Cc1ccc(F)cc1. The summed E-state index contributed by atoms with van der Waals surface area (Å²) >= 11 is 16.5. The lowest BCUT2D eigenvalue weighted by Gasteiger charge is -2.14. The number of thioether (sulfide) groups is 1. The number of halogens is 4. The van der Waals surface area contributed by atoms with Crippen molar-refractivity contribution in [2.24, 2.45) is 0 Å². The van der Waals surface area contributed by atoms with Crippen molar-refractivity contribution >= 4 is 62.0 Å². The first-order valence-corrected chi connectivity index (χ1v) is 12.3. The Hall–Kier alpha value is -2.06. The standard InChI is InChI=1S/C24H17BrCl2FNO3S/c25-18-9-15(4-8-21(18)32-13-16-3-7-19(26)20(27)10-16)11-22-23(30)29(24(31)33-22)12-14-1-5-17(28)6-2-14/h1-10,22H,11-13H2/t22-/m0/s1. The van der Waals surface area contributed by atoms with Crippen molar-refractivity contribution in [3.8, 4) is 5.75 Å². The number of hydrogen-bond acceptors (Lipinski definition) is 4. The number of ether oxygens (including phenoxy) is 1. The van der Waals surface area contributed by atoms with E-state index >= 15 is 0 Å². The van der Waals surface area contributed by atoms with Gasteiger partial charge in [0, 0.05) is 0 Å². The molecule has 170 valence electrons. The molecule has 1 aliphatic rings. The predicted molar refractivity (Wildman–Crippen MR) is 132 cm³/mol. The fourth-order valence-corrected chi connectivity index (χ4v) is 5.23. The number of rotatable bonds is 7. The average Bonchev–Trinajstić information content (AvgIpc) is 3.04. The molecule has 2 amide bonds. The van der Waals surface area contributed by atoms with Gasteiger partial charge in [0.05, 0.1) is 26.3 Å². The quantitative estimate of drug-likeness (QED) is 0.300. The second-order valence-corrected chi connectivity index (χ2v) is 10.3. The van der Waals surface area contributed by atoms with E-state index < -0.39 is 5.25 Å². The van der Waals surface area contributed by atoms with Crippen LogP contribution in [0.15, 0.2) is 65.1 Å². The highest BCUT2D eigenvalue weighted by Gasteiger charge is 2.39. The highest BCUT2D eigenvalue weighted by Crippen LogP contribution is 2.33. The molecule has 9 heteroatoms. The van der Waals surface area contributed by atoms with Gasteiger partial charge in [0.15, 0.2) is 0 Å². The highest BCUT2D eigenvalue weighted by molar-refractivity contribution is 9.10. The Morgan fingerprint density at radius 2 is 1.64 bits per heavy atom. The van der Waals surface area contributed by atoms with Crippen molar-refractivity contribution in [1.82, 2.24) is 4.90 Å². The van der Waals surface area contributed by atoms with E-state index in [1.165, 1.54) is 17.0 Å². The van der Waals surface area contributed by atoms with Crippen LogP contribution in [0.2, 0.25) is 10.0 Å². The van der Waals surface area contributed by atoms with E-state index in [1.807, 2.05) is 24.3 Å². The van der Waals surface area contributed by atoms with E-state index in [4.69, 9.17) is 27.9 Å². The van der Waals surface area contributed by atoms with Crippen LogP contribution in [-0.2, 0) is 24.4 Å². The monoisotopic (exact) mass is 567 g/mol. The van der Waals surface area contributed by atoms with Crippen LogP contribution in [0.4, 0.5) is 9.18 Å². The molecule has 1 atom stereocenters. The maximum absolute atomic E-state index is 13.1. The number of hydrogen-bond donors (Lipinski definition) is 0. The van der Waals surface area contributed by atoms with Gasteiger partial charge in [-0.2, -0.15) is 0 Å². The first kappa shape index (κ1) is 24.1. The Morgan fingerprint density at radius 3 is 2.33 bits per heavy atom. The Labute approximate surface area is 213 Å². The fraction of sp³-hybridized carbons (Fsp3) is 0.167. The van der Waals surface area contributed by atoms with Gasteiger partial charge in [-0.25, -0.2) is 4.39 Å². The lowest BCUT2D eigenvalue weighted by Crippen LogP contribution is -2.31. The summed E-state index contributed by atoms with van der Waals surface area (Å²) in [7, 11) is 0. The second-order valence-electron chi connectivity index (χ2n) is 7.43. The highest BCUT2D eigenvalue weighted by atomic mass is 79.9. The molecule has 1 fully saturated rings. The zero-order valence-corrected chi connectivity index (χ0v) is 21.0. The molecular formula is C24H17BrCl2FNO3S. The Morgan fingerprint density at radius 1 is 0.939 bits per heavy atom. The molecular weight excluding hydrogens is 552 g/mol. The number of amides is 2.